The van der Waals surface area contributed by atoms with Gasteiger partial charge in [-0.2, -0.15) is 0 Å². The van der Waals surface area contributed by atoms with Crippen LogP contribution >= 0.6 is 0 Å². The molecule has 0 atom stereocenters. The molecule has 0 saturated carbocycles. The van der Waals surface area contributed by atoms with Crippen molar-refractivity contribution in [1.82, 2.24) is 5.32 Å². The highest BCUT2D eigenvalue weighted by Gasteiger charge is 2.03. The first-order chi connectivity index (χ1) is 9.63. The molecule has 0 fully saturated rings. The maximum Gasteiger partial charge on any atom is 0.225 e. The molecule has 0 radical (unpaired) electrons. The smallest absolute Gasteiger partial charge is 0.225 e. The van der Waals surface area contributed by atoms with Crippen molar-refractivity contribution in [3.8, 4) is 0 Å². The van der Waals surface area contributed by atoms with E-state index in [0.717, 1.165) is 19.6 Å². The number of Topliss-reactive ketones (excluding diaryl/α,β-unsaturated/α-hetero) is 1. The van der Waals surface area contributed by atoms with E-state index < -0.39 is 0 Å². The number of benzene rings is 1. The highest BCUT2D eigenvalue weighted by atomic mass is 16.5. The molecule has 0 aliphatic rings. The van der Waals surface area contributed by atoms with Crippen LogP contribution in [0, 0.1) is 0 Å². The summed E-state index contributed by atoms with van der Waals surface area (Å²) in [6.45, 7) is 3.72. The SMILES string of the molecule is COCCCNCCC(=O)Nc1ccc(C(C)=O)cc1. The van der Waals surface area contributed by atoms with E-state index in [-0.39, 0.29) is 11.7 Å². The third-order valence-electron chi connectivity index (χ3n) is 2.81. The van der Waals surface area contributed by atoms with Crippen LogP contribution in [0.1, 0.15) is 30.1 Å². The Hall–Kier alpha value is -1.72. The lowest BCUT2D eigenvalue weighted by Gasteiger charge is -2.07. The fraction of sp³-hybridized carbons (Fsp3) is 0.467. The van der Waals surface area contributed by atoms with E-state index in [4.69, 9.17) is 4.74 Å². The Labute approximate surface area is 119 Å². The van der Waals surface area contributed by atoms with Crippen LogP contribution < -0.4 is 10.6 Å². The normalized spacial score (nSPS) is 10.3. The summed E-state index contributed by atoms with van der Waals surface area (Å²) in [5, 5.41) is 5.97. The zero-order chi connectivity index (χ0) is 14.8. The van der Waals surface area contributed by atoms with Gasteiger partial charge in [-0.25, -0.2) is 0 Å². The van der Waals surface area contributed by atoms with Gasteiger partial charge in [-0.05, 0) is 44.2 Å². The van der Waals surface area contributed by atoms with Gasteiger partial charge in [0, 0.05) is 37.9 Å². The van der Waals surface area contributed by atoms with Gasteiger partial charge in [-0.1, -0.05) is 0 Å². The molecule has 0 aliphatic heterocycles. The van der Waals surface area contributed by atoms with E-state index in [0.29, 0.717) is 24.2 Å². The Balaban J connectivity index is 2.23. The van der Waals surface area contributed by atoms with Crippen molar-refractivity contribution < 1.29 is 14.3 Å². The molecule has 1 rings (SSSR count). The van der Waals surface area contributed by atoms with Gasteiger partial charge in [-0.3, -0.25) is 9.59 Å². The predicted octanol–water partition coefficient (Wildman–Crippen LogP) is 1.84. The molecular formula is C15H22N2O3. The Bertz CT molecular complexity index is 429. The molecule has 0 heterocycles. The number of carbonyl (C=O) groups is 2. The quantitative estimate of drug-likeness (QED) is 0.534. The number of amides is 1. The van der Waals surface area contributed by atoms with E-state index >= 15 is 0 Å². The monoisotopic (exact) mass is 278 g/mol. The van der Waals surface area contributed by atoms with Crippen molar-refractivity contribution in [1.29, 1.82) is 0 Å². The van der Waals surface area contributed by atoms with Gasteiger partial charge in [0.05, 0.1) is 0 Å². The van der Waals surface area contributed by atoms with Gasteiger partial charge >= 0.3 is 0 Å². The summed E-state index contributed by atoms with van der Waals surface area (Å²) in [7, 11) is 1.67. The zero-order valence-electron chi connectivity index (χ0n) is 12.1. The highest BCUT2D eigenvalue weighted by Crippen LogP contribution is 2.10. The van der Waals surface area contributed by atoms with Crippen molar-refractivity contribution in [2.75, 3.05) is 32.1 Å². The first-order valence-electron chi connectivity index (χ1n) is 6.74. The molecule has 2 N–H and O–H groups in total. The number of anilines is 1. The maximum absolute atomic E-state index is 11.7. The lowest BCUT2D eigenvalue weighted by molar-refractivity contribution is -0.116. The van der Waals surface area contributed by atoms with E-state index in [1.165, 1.54) is 6.92 Å². The number of nitrogens with one attached hydrogen (secondary N) is 2. The van der Waals surface area contributed by atoms with Crippen LogP contribution in [0.25, 0.3) is 0 Å². The van der Waals surface area contributed by atoms with Crippen molar-refractivity contribution >= 4 is 17.4 Å². The van der Waals surface area contributed by atoms with Crippen LogP contribution in [0.15, 0.2) is 24.3 Å². The second-order valence-electron chi connectivity index (χ2n) is 4.53. The summed E-state index contributed by atoms with van der Waals surface area (Å²) in [5.74, 6) is -0.0250. The summed E-state index contributed by atoms with van der Waals surface area (Å²) in [6.07, 6.45) is 1.35. The van der Waals surface area contributed by atoms with Gasteiger partial charge in [0.25, 0.3) is 0 Å². The second kappa shape index (κ2) is 9.23. The van der Waals surface area contributed by atoms with Crippen molar-refractivity contribution in [2.45, 2.75) is 19.8 Å². The molecule has 0 bridgehead atoms. The molecule has 0 unspecified atom stereocenters. The van der Waals surface area contributed by atoms with Crippen molar-refractivity contribution in [3.05, 3.63) is 29.8 Å². The number of rotatable bonds is 9. The Morgan fingerprint density at radius 3 is 2.45 bits per heavy atom. The van der Waals surface area contributed by atoms with Gasteiger partial charge in [-0.15, -0.1) is 0 Å². The first kappa shape index (κ1) is 16.3. The van der Waals surface area contributed by atoms with Crippen LogP contribution in [-0.4, -0.2) is 38.5 Å². The minimum Gasteiger partial charge on any atom is -0.385 e. The van der Waals surface area contributed by atoms with Crippen LogP contribution in [-0.2, 0) is 9.53 Å². The maximum atomic E-state index is 11.7. The fourth-order valence-electron chi connectivity index (χ4n) is 1.68. The number of ether oxygens (including phenoxy) is 1. The minimum absolute atomic E-state index is 0.0168. The summed E-state index contributed by atoms with van der Waals surface area (Å²) in [5.41, 5.74) is 1.35. The number of carbonyl (C=O) groups excluding carboxylic acids is 2. The number of hydrogen-bond acceptors (Lipinski definition) is 4. The topological polar surface area (TPSA) is 67.4 Å². The van der Waals surface area contributed by atoms with Gasteiger partial charge in [0.2, 0.25) is 5.91 Å². The Morgan fingerprint density at radius 2 is 1.85 bits per heavy atom. The standard InChI is InChI=1S/C15H22N2O3/c1-12(18)13-4-6-14(7-5-13)17-15(19)8-10-16-9-3-11-20-2/h4-7,16H,3,8-11H2,1-2H3,(H,17,19). The van der Waals surface area contributed by atoms with Gasteiger partial charge < -0.3 is 15.4 Å². The van der Waals surface area contributed by atoms with Crippen molar-refractivity contribution in [2.24, 2.45) is 0 Å². The van der Waals surface area contributed by atoms with E-state index in [1.807, 2.05) is 0 Å². The first-order valence-corrected chi connectivity index (χ1v) is 6.74. The molecule has 110 valence electrons. The Kier molecular flexibility index (Phi) is 7.54. The molecular weight excluding hydrogens is 256 g/mol. The second-order valence-corrected chi connectivity index (χ2v) is 4.53. The zero-order valence-corrected chi connectivity index (χ0v) is 12.1. The molecule has 1 aromatic carbocycles. The van der Waals surface area contributed by atoms with E-state index in [1.54, 1.807) is 31.4 Å². The summed E-state index contributed by atoms with van der Waals surface area (Å²) in [6, 6.07) is 6.89. The largest absolute Gasteiger partial charge is 0.385 e. The summed E-state index contributed by atoms with van der Waals surface area (Å²) < 4.78 is 4.93. The molecule has 0 spiro atoms. The Morgan fingerprint density at radius 1 is 1.15 bits per heavy atom. The number of hydrogen-bond donors (Lipinski definition) is 2. The van der Waals surface area contributed by atoms with Crippen LogP contribution in [0.5, 0.6) is 0 Å². The average molecular weight is 278 g/mol. The molecule has 0 aromatic heterocycles. The minimum atomic E-state index is -0.0418. The highest BCUT2D eigenvalue weighted by molar-refractivity contribution is 5.95. The number of methoxy groups -OCH3 is 1. The molecule has 0 saturated heterocycles. The summed E-state index contributed by atoms with van der Waals surface area (Å²) >= 11 is 0. The van der Waals surface area contributed by atoms with E-state index in [9.17, 15) is 9.59 Å². The molecule has 20 heavy (non-hydrogen) atoms. The number of ketones is 1. The van der Waals surface area contributed by atoms with E-state index in [2.05, 4.69) is 10.6 Å². The molecule has 5 nitrogen and oxygen atoms in total. The van der Waals surface area contributed by atoms with Gasteiger partial charge in [0.1, 0.15) is 0 Å². The third kappa shape index (κ3) is 6.45. The van der Waals surface area contributed by atoms with Crippen molar-refractivity contribution in [3.63, 3.8) is 0 Å². The molecule has 1 amide bonds. The predicted molar refractivity (Wildman–Crippen MR) is 79.1 cm³/mol. The summed E-state index contributed by atoms with van der Waals surface area (Å²) in [4.78, 5) is 22.8. The third-order valence-corrected chi connectivity index (χ3v) is 2.81. The van der Waals surface area contributed by atoms with Crippen LogP contribution in [0.3, 0.4) is 0 Å². The molecule has 5 heteroatoms. The molecule has 1 aromatic rings. The fourth-order valence-corrected chi connectivity index (χ4v) is 1.68. The van der Waals surface area contributed by atoms with Crippen LogP contribution in [0.4, 0.5) is 5.69 Å². The van der Waals surface area contributed by atoms with Crippen LogP contribution in [0.2, 0.25) is 0 Å². The molecule has 0 aliphatic carbocycles. The lowest BCUT2D eigenvalue weighted by Crippen LogP contribution is -2.23. The van der Waals surface area contributed by atoms with Gasteiger partial charge in [0.15, 0.2) is 5.78 Å². The average Bonchev–Trinajstić information content (AvgIpc) is 2.43. The lowest BCUT2D eigenvalue weighted by atomic mass is 10.1.